The lowest BCUT2D eigenvalue weighted by Crippen LogP contribution is -2.24. The third-order valence-electron chi connectivity index (χ3n) is 3.59. The number of hydrogen-bond acceptors (Lipinski definition) is 7. The zero-order valence-electron chi connectivity index (χ0n) is 13.2. The molecular formula is C16H13N7O2. The van der Waals surface area contributed by atoms with Crippen molar-refractivity contribution in [2.24, 2.45) is 0 Å². The van der Waals surface area contributed by atoms with E-state index < -0.39 is 0 Å². The normalized spacial score (nSPS) is 10.9. The van der Waals surface area contributed by atoms with E-state index in [-0.39, 0.29) is 12.5 Å². The predicted octanol–water partition coefficient (Wildman–Crippen LogP) is 1.41. The maximum Gasteiger partial charge on any atom is 0.261 e. The number of aromatic nitrogens is 6. The third-order valence-corrected chi connectivity index (χ3v) is 3.59. The van der Waals surface area contributed by atoms with Gasteiger partial charge in [0.25, 0.3) is 11.8 Å². The van der Waals surface area contributed by atoms with E-state index in [0.29, 0.717) is 34.3 Å². The quantitative estimate of drug-likeness (QED) is 0.600. The van der Waals surface area contributed by atoms with Crippen molar-refractivity contribution in [1.29, 1.82) is 0 Å². The maximum atomic E-state index is 12.1. The maximum absolute atomic E-state index is 12.1. The van der Waals surface area contributed by atoms with Crippen molar-refractivity contribution in [2.45, 2.75) is 13.5 Å². The molecule has 0 bridgehead atoms. The first-order chi connectivity index (χ1) is 12.2. The number of amides is 1. The number of rotatable bonds is 4. The molecule has 4 heterocycles. The zero-order chi connectivity index (χ0) is 17.2. The van der Waals surface area contributed by atoms with Crippen LogP contribution in [0.1, 0.15) is 22.0 Å². The summed E-state index contributed by atoms with van der Waals surface area (Å²) >= 11 is 0. The molecule has 0 radical (unpaired) electrons. The Labute approximate surface area is 141 Å². The molecule has 124 valence electrons. The Balaban J connectivity index is 1.60. The molecule has 0 spiro atoms. The molecule has 0 unspecified atom stereocenters. The van der Waals surface area contributed by atoms with Gasteiger partial charge in [-0.05, 0) is 31.2 Å². The van der Waals surface area contributed by atoms with Crippen molar-refractivity contribution >= 4 is 11.6 Å². The number of fused-ring (bicyclic) bond motifs is 1. The Morgan fingerprint density at radius 1 is 1.28 bits per heavy atom. The highest BCUT2D eigenvalue weighted by molar-refractivity contribution is 5.93. The lowest BCUT2D eigenvalue weighted by Gasteiger charge is -2.04. The third kappa shape index (κ3) is 2.82. The lowest BCUT2D eigenvalue weighted by molar-refractivity contribution is 0.0949. The summed E-state index contributed by atoms with van der Waals surface area (Å²) in [4.78, 5) is 20.3. The molecule has 0 aliphatic heterocycles. The van der Waals surface area contributed by atoms with Crippen LogP contribution in [0.3, 0.4) is 0 Å². The topological polar surface area (TPSA) is 111 Å². The van der Waals surface area contributed by atoms with Crippen LogP contribution in [0.15, 0.2) is 47.4 Å². The van der Waals surface area contributed by atoms with Crippen LogP contribution < -0.4 is 5.32 Å². The number of carbonyl (C=O) groups is 1. The van der Waals surface area contributed by atoms with Crippen molar-refractivity contribution in [3.63, 3.8) is 0 Å². The number of aryl methyl sites for hydroxylation is 1. The summed E-state index contributed by atoms with van der Waals surface area (Å²) in [5.74, 6) is 1.28. The molecule has 0 saturated carbocycles. The lowest BCUT2D eigenvalue weighted by atomic mass is 10.2. The van der Waals surface area contributed by atoms with Crippen molar-refractivity contribution in [3.8, 4) is 11.5 Å². The fourth-order valence-electron chi connectivity index (χ4n) is 2.42. The highest BCUT2D eigenvalue weighted by Gasteiger charge is 2.15. The minimum absolute atomic E-state index is 0.223. The largest absolute Gasteiger partial charge is 0.345 e. The van der Waals surface area contributed by atoms with E-state index in [1.165, 1.54) is 6.20 Å². The highest BCUT2D eigenvalue weighted by atomic mass is 16.5. The SMILES string of the molecule is Cc1noc(-c2cccn3c(CNC(=O)c4cccnc4)nnc23)n1. The van der Waals surface area contributed by atoms with E-state index in [1.54, 1.807) is 29.7 Å². The van der Waals surface area contributed by atoms with E-state index in [9.17, 15) is 4.79 Å². The smallest absolute Gasteiger partial charge is 0.261 e. The minimum atomic E-state index is -0.228. The predicted molar refractivity (Wildman–Crippen MR) is 86.4 cm³/mol. The van der Waals surface area contributed by atoms with Crippen LogP contribution in [-0.2, 0) is 6.54 Å². The first kappa shape index (κ1) is 14.9. The molecule has 4 aromatic rings. The molecule has 9 heteroatoms. The van der Waals surface area contributed by atoms with Crippen LogP contribution >= 0.6 is 0 Å². The standard InChI is InChI=1S/C16H13N7O2/c1-10-19-16(25-22-10)12-5-3-7-23-13(20-21-14(12)23)9-18-15(24)11-4-2-6-17-8-11/h2-8H,9H2,1H3,(H,18,24). The molecule has 1 N–H and O–H groups in total. The Bertz CT molecular complexity index is 1040. The summed E-state index contributed by atoms with van der Waals surface area (Å²) in [7, 11) is 0. The summed E-state index contributed by atoms with van der Waals surface area (Å²) < 4.78 is 6.98. The van der Waals surface area contributed by atoms with Crippen LogP contribution in [0, 0.1) is 6.92 Å². The zero-order valence-corrected chi connectivity index (χ0v) is 13.2. The van der Waals surface area contributed by atoms with E-state index in [4.69, 9.17) is 4.52 Å². The van der Waals surface area contributed by atoms with E-state index in [1.807, 2.05) is 18.3 Å². The summed E-state index contributed by atoms with van der Waals surface area (Å²) in [6, 6.07) is 7.06. The second-order valence-electron chi connectivity index (χ2n) is 5.30. The van der Waals surface area contributed by atoms with Gasteiger partial charge in [-0.1, -0.05) is 5.16 Å². The first-order valence-corrected chi connectivity index (χ1v) is 7.54. The average molecular weight is 335 g/mol. The number of nitrogens with zero attached hydrogens (tertiary/aromatic N) is 6. The molecule has 0 aliphatic rings. The Morgan fingerprint density at radius 2 is 2.20 bits per heavy atom. The van der Waals surface area contributed by atoms with Crippen LogP contribution in [0.5, 0.6) is 0 Å². The van der Waals surface area contributed by atoms with Gasteiger partial charge in [0.05, 0.1) is 17.7 Å². The molecule has 0 atom stereocenters. The highest BCUT2D eigenvalue weighted by Crippen LogP contribution is 2.22. The molecule has 0 aromatic carbocycles. The van der Waals surface area contributed by atoms with Crippen LogP contribution in [0.4, 0.5) is 0 Å². The van der Waals surface area contributed by atoms with Gasteiger partial charge in [0.15, 0.2) is 17.3 Å². The van der Waals surface area contributed by atoms with Crippen molar-refractivity contribution in [2.75, 3.05) is 0 Å². The number of pyridine rings is 2. The number of nitrogens with one attached hydrogen (secondary N) is 1. The van der Waals surface area contributed by atoms with Crippen molar-refractivity contribution in [3.05, 3.63) is 60.1 Å². The molecule has 0 saturated heterocycles. The van der Waals surface area contributed by atoms with Crippen LogP contribution in [-0.4, -0.2) is 35.6 Å². The fraction of sp³-hybridized carbons (Fsp3) is 0.125. The van der Waals surface area contributed by atoms with Gasteiger partial charge in [-0.15, -0.1) is 10.2 Å². The summed E-state index contributed by atoms with van der Waals surface area (Å²) in [6.07, 6.45) is 4.93. The molecule has 25 heavy (non-hydrogen) atoms. The Kier molecular flexibility index (Phi) is 3.65. The Hall–Kier alpha value is -3.62. The second kappa shape index (κ2) is 6.11. The van der Waals surface area contributed by atoms with E-state index in [2.05, 4.69) is 30.6 Å². The van der Waals surface area contributed by atoms with Gasteiger partial charge in [-0.2, -0.15) is 4.98 Å². The Morgan fingerprint density at radius 3 is 2.96 bits per heavy atom. The van der Waals surface area contributed by atoms with Gasteiger partial charge < -0.3 is 9.84 Å². The minimum Gasteiger partial charge on any atom is -0.345 e. The van der Waals surface area contributed by atoms with Gasteiger partial charge >= 0.3 is 0 Å². The molecule has 0 aliphatic carbocycles. The number of carbonyl (C=O) groups excluding carboxylic acids is 1. The summed E-state index contributed by atoms with van der Waals surface area (Å²) in [6.45, 7) is 1.97. The molecule has 9 nitrogen and oxygen atoms in total. The van der Waals surface area contributed by atoms with Gasteiger partial charge in [0.1, 0.15) is 0 Å². The molecular weight excluding hydrogens is 322 g/mol. The van der Waals surface area contributed by atoms with Crippen molar-refractivity contribution in [1.82, 2.24) is 35.0 Å². The molecule has 0 fully saturated rings. The van der Waals surface area contributed by atoms with Gasteiger partial charge in [0, 0.05) is 18.6 Å². The van der Waals surface area contributed by atoms with Gasteiger partial charge in [-0.25, -0.2) is 0 Å². The first-order valence-electron chi connectivity index (χ1n) is 7.54. The van der Waals surface area contributed by atoms with Gasteiger partial charge in [0.2, 0.25) is 0 Å². The van der Waals surface area contributed by atoms with Crippen molar-refractivity contribution < 1.29 is 9.32 Å². The second-order valence-corrected chi connectivity index (χ2v) is 5.30. The average Bonchev–Trinajstić information content (AvgIpc) is 3.26. The monoisotopic (exact) mass is 335 g/mol. The molecule has 4 rings (SSSR count). The van der Waals surface area contributed by atoms with Crippen LogP contribution in [0.2, 0.25) is 0 Å². The molecule has 1 amide bonds. The van der Waals surface area contributed by atoms with E-state index >= 15 is 0 Å². The van der Waals surface area contributed by atoms with Crippen LogP contribution in [0.25, 0.3) is 17.1 Å². The fourth-order valence-corrected chi connectivity index (χ4v) is 2.42. The summed E-state index contributed by atoms with van der Waals surface area (Å²) in [5.41, 5.74) is 1.75. The number of hydrogen-bond donors (Lipinski definition) is 1. The molecule has 4 aromatic heterocycles. The van der Waals surface area contributed by atoms with Gasteiger partial charge in [-0.3, -0.25) is 14.2 Å². The van der Waals surface area contributed by atoms with E-state index in [0.717, 1.165) is 0 Å². The summed E-state index contributed by atoms with van der Waals surface area (Å²) in [5, 5.41) is 14.9.